The molecule has 20 heavy (non-hydrogen) atoms. The zero-order valence-corrected chi connectivity index (χ0v) is 10.6. The van der Waals surface area contributed by atoms with Crippen LogP contribution in [-0.4, -0.2) is 67.7 Å². The van der Waals surface area contributed by atoms with E-state index in [1.54, 1.807) is 6.07 Å². The molecule has 1 saturated heterocycles. The van der Waals surface area contributed by atoms with E-state index >= 15 is 0 Å². The number of hydrogen-bond acceptors (Lipinski definition) is 8. The van der Waals surface area contributed by atoms with Gasteiger partial charge >= 0.3 is 0 Å². The molecule has 2 aliphatic heterocycles. The fraction of sp³-hybridized carbons (Fsp3) is 0.636. The molecule has 1 unspecified atom stereocenters. The molecule has 110 valence electrons. The number of carbonyl (C=O) groups excluding carboxylic acids is 1. The lowest BCUT2D eigenvalue weighted by molar-refractivity contribution is -0.214. The van der Waals surface area contributed by atoms with Gasteiger partial charge in [0.25, 0.3) is 5.72 Å². The predicted octanol–water partition coefficient (Wildman–Crippen LogP) is -3.07. The number of rotatable bonds is 2. The van der Waals surface area contributed by atoms with Crippen molar-refractivity contribution < 1.29 is 30.0 Å². The third-order valence-electron chi connectivity index (χ3n) is 3.55. The monoisotopic (exact) mass is 285 g/mol. The third kappa shape index (κ3) is 1.78. The van der Waals surface area contributed by atoms with Gasteiger partial charge in [0.1, 0.15) is 18.3 Å². The lowest BCUT2D eigenvalue weighted by atomic mass is 9.87. The van der Waals surface area contributed by atoms with Crippen LogP contribution in [0.3, 0.4) is 0 Å². The van der Waals surface area contributed by atoms with Gasteiger partial charge in [-0.2, -0.15) is 5.26 Å². The number of nitriles is 1. The molecule has 1 amide bonds. The number of aliphatic hydroxyl groups excluding tert-OH is 3. The molecule has 2 aliphatic rings. The normalized spacial score (nSPS) is 44.3. The molecule has 0 aromatic rings. The number of amides is 1. The first-order chi connectivity index (χ1) is 9.30. The SMILES string of the molecule is C[C@@]1(O)[C@H](O)[C@@H](CO)O[C@@]1(C#N)N1C=CC(=O)NC1O. The first-order valence-corrected chi connectivity index (χ1v) is 5.85. The molecule has 2 heterocycles. The molecule has 0 bridgehead atoms. The molecule has 0 aliphatic carbocycles. The summed E-state index contributed by atoms with van der Waals surface area (Å²) < 4.78 is 5.27. The van der Waals surface area contributed by atoms with Gasteiger partial charge in [-0.05, 0) is 6.92 Å². The van der Waals surface area contributed by atoms with E-state index in [0.717, 1.165) is 24.1 Å². The highest BCUT2D eigenvalue weighted by atomic mass is 16.6. The van der Waals surface area contributed by atoms with E-state index in [-0.39, 0.29) is 0 Å². The Labute approximate surface area is 114 Å². The maximum absolute atomic E-state index is 11.1. The predicted molar refractivity (Wildman–Crippen MR) is 62.1 cm³/mol. The molecule has 0 saturated carbocycles. The second-order valence-electron chi connectivity index (χ2n) is 4.79. The summed E-state index contributed by atoms with van der Waals surface area (Å²) in [6.07, 6.45) is -2.27. The Morgan fingerprint density at radius 2 is 2.25 bits per heavy atom. The van der Waals surface area contributed by atoms with E-state index in [2.05, 4.69) is 5.32 Å². The van der Waals surface area contributed by atoms with Crippen LogP contribution in [-0.2, 0) is 9.53 Å². The summed E-state index contributed by atoms with van der Waals surface area (Å²) in [5.41, 5.74) is -4.27. The van der Waals surface area contributed by atoms with Gasteiger partial charge in [-0.15, -0.1) is 0 Å². The molecular weight excluding hydrogens is 270 g/mol. The standard InChI is InChI=1S/C11H15N3O6/c1-10(19)8(17)6(4-15)20-11(10,5-12)14-3-2-7(16)13-9(14)18/h2-3,6,8-9,15,17-19H,4H2,1H3,(H,13,16)/t6-,8-,9?,10-,11-/m1/s1. The van der Waals surface area contributed by atoms with Crippen LogP contribution in [0.15, 0.2) is 12.3 Å². The summed E-state index contributed by atoms with van der Waals surface area (Å²) in [6, 6.07) is 1.70. The van der Waals surface area contributed by atoms with Crippen molar-refractivity contribution >= 4 is 5.91 Å². The number of carbonyl (C=O) groups is 1. The maximum Gasteiger partial charge on any atom is 0.266 e. The van der Waals surface area contributed by atoms with Gasteiger partial charge in [0.15, 0.2) is 5.60 Å². The van der Waals surface area contributed by atoms with Crippen LogP contribution in [0.2, 0.25) is 0 Å². The van der Waals surface area contributed by atoms with Crippen molar-refractivity contribution in [3.05, 3.63) is 12.3 Å². The van der Waals surface area contributed by atoms with Gasteiger partial charge in [0.2, 0.25) is 12.3 Å². The Bertz CT molecular complexity index is 487. The van der Waals surface area contributed by atoms with Crippen molar-refractivity contribution in [1.82, 2.24) is 10.2 Å². The molecule has 9 nitrogen and oxygen atoms in total. The molecule has 0 radical (unpaired) electrons. The third-order valence-corrected chi connectivity index (χ3v) is 3.55. The van der Waals surface area contributed by atoms with Gasteiger partial charge in [-0.1, -0.05) is 0 Å². The quantitative estimate of drug-likeness (QED) is 0.359. The summed E-state index contributed by atoms with van der Waals surface area (Å²) in [5, 5.41) is 50.8. The Morgan fingerprint density at radius 3 is 2.70 bits per heavy atom. The Morgan fingerprint density at radius 1 is 1.60 bits per heavy atom. The highest BCUT2D eigenvalue weighted by Gasteiger charge is 2.67. The molecular formula is C11H15N3O6. The van der Waals surface area contributed by atoms with Crippen molar-refractivity contribution in [2.24, 2.45) is 0 Å². The van der Waals surface area contributed by atoms with Crippen LogP contribution < -0.4 is 5.32 Å². The lowest BCUT2D eigenvalue weighted by Gasteiger charge is -2.44. The summed E-state index contributed by atoms with van der Waals surface area (Å²) in [7, 11) is 0. The van der Waals surface area contributed by atoms with Gasteiger partial charge in [-0.25, -0.2) is 0 Å². The van der Waals surface area contributed by atoms with Gasteiger partial charge in [0, 0.05) is 12.3 Å². The fourth-order valence-corrected chi connectivity index (χ4v) is 2.37. The molecule has 0 aromatic carbocycles. The van der Waals surface area contributed by atoms with Gasteiger partial charge in [0.05, 0.1) is 6.61 Å². The first kappa shape index (κ1) is 14.7. The van der Waals surface area contributed by atoms with E-state index in [1.807, 2.05) is 0 Å². The first-order valence-electron chi connectivity index (χ1n) is 5.85. The van der Waals surface area contributed by atoms with Crippen molar-refractivity contribution in [1.29, 1.82) is 5.26 Å². The van der Waals surface area contributed by atoms with Gasteiger partial charge < -0.3 is 30.5 Å². The second kappa shape index (κ2) is 4.69. The summed E-state index contributed by atoms with van der Waals surface area (Å²) in [4.78, 5) is 12.0. The molecule has 5 atom stereocenters. The Hall–Kier alpha value is -1.70. The molecule has 0 aromatic heterocycles. The average molecular weight is 285 g/mol. The molecule has 0 spiro atoms. The highest BCUT2D eigenvalue weighted by Crippen LogP contribution is 2.43. The maximum atomic E-state index is 11.1. The van der Waals surface area contributed by atoms with Gasteiger partial charge in [-0.3, -0.25) is 9.69 Å². The van der Waals surface area contributed by atoms with Crippen LogP contribution in [0, 0.1) is 11.3 Å². The number of hydrogen-bond donors (Lipinski definition) is 5. The minimum atomic E-state index is -2.16. The van der Waals surface area contributed by atoms with Crippen LogP contribution in [0.25, 0.3) is 0 Å². The van der Waals surface area contributed by atoms with Crippen LogP contribution >= 0.6 is 0 Å². The van der Waals surface area contributed by atoms with Crippen LogP contribution in [0.5, 0.6) is 0 Å². The zero-order valence-electron chi connectivity index (χ0n) is 10.6. The minimum absolute atomic E-state index is 0.585. The smallest absolute Gasteiger partial charge is 0.266 e. The van der Waals surface area contributed by atoms with E-state index in [1.165, 1.54) is 0 Å². The highest BCUT2D eigenvalue weighted by molar-refractivity contribution is 5.88. The number of nitrogens with one attached hydrogen (secondary N) is 1. The largest absolute Gasteiger partial charge is 0.394 e. The average Bonchev–Trinajstić information content (AvgIpc) is 2.59. The minimum Gasteiger partial charge on any atom is -0.394 e. The van der Waals surface area contributed by atoms with Crippen molar-refractivity contribution in [2.45, 2.75) is 36.8 Å². The number of ether oxygens (including phenoxy) is 1. The summed E-state index contributed by atoms with van der Waals surface area (Å²) >= 11 is 0. The van der Waals surface area contributed by atoms with Crippen molar-refractivity contribution in [2.75, 3.05) is 6.61 Å². The number of nitrogens with zero attached hydrogens (tertiary/aromatic N) is 2. The fourth-order valence-electron chi connectivity index (χ4n) is 2.37. The topological polar surface area (TPSA) is 146 Å². The summed E-state index contributed by atoms with van der Waals surface area (Å²) in [6.45, 7) is 0.522. The molecule has 9 heteroatoms. The zero-order chi connectivity index (χ0) is 15.1. The van der Waals surface area contributed by atoms with Crippen molar-refractivity contribution in [3.8, 4) is 6.07 Å². The number of aliphatic hydroxyl groups is 4. The molecule has 1 fully saturated rings. The summed E-state index contributed by atoms with van der Waals surface area (Å²) in [5.74, 6) is -0.585. The lowest BCUT2D eigenvalue weighted by Crippen LogP contribution is -2.67. The van der Waals surface area contributed by atoms with E-state index in [0.29, 0.717) is 0 Å². The second-order valence-corrected chi connectivity index (χ2v) is 4.79. The molecule has 5 N–H and O–H groups in total. The van der Waals surface area contributed by atoms with E-state index < -0.39 is 42.4 Å². The Balaban J connectivity index is 2.47. The Kier molecular flexibility index (Phi) is 3.45. The van der Waals surface area contributed by atoms with E-state index in [9.17, 15) is 25.4 Å². The van der Waals surface area contributed by atoms with Crippen LogP contribution in [0.4, 0.5) is 0 Å². The molecule has 2 rings (SSSR count). The van der Waals surface area contributed by atoms with Crippen LogP contribution in [0.1, 0.15) is 6.92 Å². The van der Waals surface area contributed by atoms with Crippen molar-refractivity contribution in [3.63, 3.8) is 0 Å². The van der Waals surface area contributed by atoms with E-state index in [4.69, 9.17) is 9.84 Å².